The van der Waals surface area contributed by atoms with Crippen LogP contribution in [0.2, 0.25) is 0 Å². The Morgan fingerprint density at radius 3 is 2.80 bits per heavy atom. The third kappa shape index (κ3) is 1.77. The van der Waals surface area contributed by atoms with E-state index < -0.39 is 11.6 Å². The first kappa shape index (κ1) is 10.6. The molecule has 80 valence electrons. The molecule has 0 amide bonds. The van der Waals surface area contributed by atoms with Gasteiger partial charge in [-0.1, -0.05) is 0 Å². The second-order valence-electron chi connectivity index (χ2n) is 3.04. The highest BCUT2D eigenvalue weighted by Crippen LogP contribution is 2.31. The summed E-state index contributed by atoms with van der Waals surface area (Å²) in [6.45, 7) is 0.224. The van der Waals surface area contributed by atoms with Crippen molar-refractivity contribution in [3.05, 3.63) is 34.0 Å². The maximum atomic E-state index is 13.3. The average Bonchev–Trinajstić information content (AvgIpc) is 2.60. The SMILES string of the molecule is COCc1cc2c(F)c(F)cc(Br)c2o1. The number of ether oxygens (including phenoxy) is 1. The number of rotatable bonds is 2. The van der Waals surface area contributed by atoms with Gasteiger partial charge in [-0.3, -0.25) is 0 Å². The molecule has 0 aliphatic heterocycles. The van der Waals surface area contributed by atoms with E-state index in [0.29, 0.717) is 15.8 Å². The van der Waals surface area contributed by atoms with E-state index >= 15 is 0 Å². The van der Waals surface area contributed by atoms with Gasteiger partial charge in [-0.15, -0.1) is 0 Å². The van der Waals surface area contributed by atoms with Crippen LogP contribution in [0.3, 0.4) is 0 Å². The number of furan rings is 1. The second kappa shape index (κ2) is 3.90. The first-order valence-electron chi connectivity index (χ1n) is 4.18. The van der Waals surface area contributed by atoms with Crippen LogP contribution in [0.4, 0.5) is 8.78 Å². The highest BCUT2D eigenvalue weighted by molar-refractivity contribution is 9.10. The Kier molecular flexibility index (Phi) is 2.75. The summed E-state index contributed by atoms with van der Waals surface area (Å²) in [5.41, 5.74) is 0.293. The molecule has 0 saturated carbocycles. The summed E-state index contributed by atoms with van der Waals surface area (Å²) in [4.78, 5) is 0. The van der Waals surface area contributed by atoms with Crippen LogP contribution in [-0.4, -0.2) is 7.11 Å². The molecule has 1 aromatic carbocycles. The van der Waals surface area contributed by atoms with Crippen molar-refractivity contribution in [2.24, 2.45) is 0 Å². The molecule has 2 aromatic rings. The van der Waals surface area contributed by atoms with Crippen molar-refractivity contribution in [1.82, 2.24) is 0 Å². The third-order valence-corrected chi connectivity index (χ3v) is 2.58. The Bertz CT molecular complexity index is 508. The third-order valence-electron chi connectivity index (χ3n) is 1.99. The van der Waals surface area contributed by atoms with Crippen molar-refractivity contribution >= 4 is 26.9 Å². The van der Waals surface area contributed by atoms with Gasteiger partial charge in [0.2, 0.25) is 0 Å². The van der Waals surface area contributed by atoms with Gasteiger partial charge in [0.1, 0.15) is 12.4 Å². The van der Waals surface area contributed by atoms with Crippen LogP contribution >= 0.6 is 15.9 Å². The highest BCUT2D eigenvalue weighted by atomic mass is 79.9. The molecule has 0 fully saturated rings. The standard InChI is InChI=1S/C10H7BrF2O2/c1-14-4-5-2-6-9(13)8(12)3-7(11)10(6)15-5/h2-3H,4H2,1H3. The lowest BCUT2D eigenvalue weighted by Crippen LogP contribution is -1.84. The Morgan fingerprint density at radius 2 is 2.13 bits per heavy atom. The van der Waals surface area contributed by atoms with Crippen molar-refractivity contribution in [3.8, 4) is 0 Å². The summed E-state index contributed by atoms with van der Waals surface area (Å²) < 4.78 is 36.9. The lowest BCUT2D eigenvalue weighted by atomic mass is 10.2. The lowest BCUT2D eigenvalue weighted by molar-refractivity contribution is 0.166. The maximum absolute atomic E-state index is 13.3. The minimum atomic E-state index is -0.904. The molecule has 2 rings (SSSR count). The molecule has 2 nitrogen and oxygen atoms in total. The van der Waals surface area contributed by atoms with Crippen molar-refractivity contribution in [2.75, 3.05) is 7.11 Å². The van der Waals surface area contributed by atoms with E-state index in [1.54, 1.807) is 0 Å². The molecule has 0 atom stereocenters. The smallest absolute Gasteiger partial charge is 0.169 e. The van der Waals surface area contributed by atoms with Gasteiger partial charge in [0.05, 0.1) is 9.86 Å². The van der Waals surface area contributed by atoms with Crippen molar-refractivity contribution in [2.45, 2.75) is 6.61 Å². The zero-order chi connectivity index (χ0) is 11.0. The molecule has 1 heterocycles. The van der Waals surface area contributed by atoms with E-state index in [0.717, 1.165) is 6.07 Å². The van der Waals surface area contributed by atoms with Gasteiger partial charge in [-0.2, -0.15) is 0 Å². The van der Waals surface area contributed by atoms with Gasteiger partial charge < -0.3 is 9.15 Å². The summed E-state index contributed by atoms with van der Waals surface area (Å²) in [6, 6.07) is 2.47. The molecule has 0 radical (unpaired) electrons. The number of halogens is 3. The van der Waals surface area contributed by atoms with Gasteiger partial charge in [0.25, 0.3) is 0 Å². The van der Waals surface area contributed by atoms with E-state index in [2.05, 4.69) is 15.9 Å². The van der Waals surface area contributed by atoms with E-state index in [9.17, 15) is 8.78 Å². The highest BCUT2D eigenvalue weighted by Gasteiger charge is 2.15. The number of methoxy groups -OCH3 is 1. The molecule has 0 saturated heterocycles. The molecule has 15 heavy (non-hydrogen) atoms. The molecule has 0 unspecified atom stereocenters. The Labute approximate surface area is 92.9 Å². The van der Waals surface area contributed by atoms with E-state index in [-0.39, 0.29) is 12.0 Å². The molecule has 0 spiro atoms. The zero-order valence-electron chi connectivity index (χ0n) is 7.81. The zero-order valence-corrected chi connectivity index (χ0v) is 9.40. The summed E-state index contributed by atoms with van der Waals surface area (Å²) in [6.07, 6.45) is 0. The van der Waals surface area contributed by atoms with Crippen LogP contribution in [0.1, 0.15) is 5.76 Å². The number of hydrogen-bond acceptors (Lipinski definition) is 2. The minimum absolute atomic E-state index is 0.119. The van der Waals surface area contributed by atoms with E-state index in [1.165, 1.54) is 13.2 Å². The summed E-state index contributed by atoms with van der Waals surface area (Å²) in [5.74, 6) is -1.35. The summed E-state index contributed by atoms with van der Waals surface area (Å²) in [5, 5.41) is 0.119. The number of fused-ring (bicyclic) bond motifs is 1. The largest absolute Gasteiger partial charge is 0.457 e. The molecule has 0 bridgehead atoms. The van der Waals surface area contributed by atoms with E-state index in [1.807, 2.05) is 0 Å². The quantitative estimate of drug-likeness (QED) is 0.782. The lowest BCUT2D eigenvalue weighted by Gasteiger charge is -1.96. The fourth-order valence-corrected chi connectivity index (χ4v) is 1.86. The fraction of sp³-hybridized carbons (Fsp3) is 0.200. The van der Waals surface area contributed by atoms with Gasteiger partial charge in [-0.05, 0) is 28.1 Å². The van der Waals surface area contributed by atoms with Crippen LogP contribution in [0.5, 0.6) is 0 Å². The van der Waals surface area contributed by atoms with Crippen molar-refractivity contribution < 1.29 is 17.9 Å². The van der Waals surface area contributed by atoms with Crippen LogP contribution in [0.25, 0.3) is 11.0 Å². The Morgan fingerprint density at radius 1 is 1.40 bits per heavy atom. The van der Waals surface area contributed by atoms with Gasteiger partial charge in [0, 0.05) is 7.11 Å². The normalized spacial score (nSPS) is 11.2. The maximum Gasteiger partial charge on any atom is 0.169 e. The van der Waals surface area contributed by atoms with Gasteiger partial charge in [0.15, 0.2) is 17.2 Å². The van der Waals surface area contributed by atoms with Crippen LogP contribution in [-0.2, 0) is 11.3 Å². The number of benzene rings is 1. The first-order chi connectivity index (χ1) is 7.13. The Hall–Kier alpha value is -0.940. The molecule has 0 N–H and O–H groups in total. The predicted octanol–water partition coefficient (Wildman–Crippen LogP) is 3.62. The second-order valence-corrected chi connectivity index (χ2v) is 3.90. The van der Waals surface area contributed by atoms with Crippen molar-refractivity contribution in [3.63, 3.8) is 0 Å². The molecule has 1 aromatic heterocycles. The predicted molar refractivity (Wildman–Crippen MR) is 54.5 cm³/mol. The molecular weight excluding hydrogens is 270 g/mol. The van der Waals surface area contributed by atoms with Gasteiger partial charge >= 0.3 is 0 Å². The topological polar surface area (TPSA) is 22.4 Å². The molecule has 5 heteroatoms. The summed E-state index contributed by atoms with van der Waals surface area (Å²) >= 11 is 3.11. The average molecular weight is 277 g/mol. The Balaban J connectivity index is 2.68. The monoisotopic (exact) mass is 276 g/mol. The van der Waals surface area contributed by atoms with Crippen LogP contribution in [0.15, 0.2) is 21.0 Å². The first-order valence-corrected chi connectivity index (χ1v) is 4.97. The molecule has 0 aliphatic rings. The molecule has 0 aliphatic carbocycles. The number of hydrogen-bond donors (Lipinski definition) is 0. The van der Waals surface area contributed by atoms with E-state index in [4.69, 9.17) is 9.15 Å². The van der Waals surface area contributed by atoms with Crippen LogP contribution < -0.4 is 0 Å². The fourth-order valence-electron chi connectivity index (χ4n) is 1.36. The van der Waals surface area contributed by atoms with Crippen LogP contribution in [0, 0.1) is 11.6 Å². The summed E-state index contributed by atoms with van der Waals surface area (Å²) in [7, 11) is 1.50. The van der Waals surface area contributed by atoms with Gasteiger partial charge in [-0.25, -0.2) is 8.78 Å². The molecular formula is C10H7BrF2O2. The van der Waals surface area contributed by atoms with Crippen molar-refractivity contribution in [1.29, 1.82) is 0 Å². The minimum Gasteiger partial charge on any atom is -0.457 e.